The summed E-state index contributed by atoms with van der Waals surface area (Å²) in [5.41, 5.74) is 3.19. The predicted molar refractivity (Wildman–Crippen MR) is 79.0 cm³/mol. The summed E-state index contributed by atoms with van der Waals surface area (Å²) in [6.45, 7) is 0.962. The van der Waals surface area contributed by atoms with Gasteiger partial charge in [-0.3, -0.25) is 9.78 Å². The molecule has 0 saturated heterocycles. The first-order chi connectivity index (χ1) is 10.3. The summed E-state index contributed by atoms with van der Waals surface area (Å²) < 4.78 is 5.31. The van der Waals surface area contributed by atoms with E-state index < -0.39 is 0 Å². The molecule has 4 rings (SSSR count). The highest BCUT2D eigenvalue weighted by Gasteiger charge is 2.16. The molecule has 0 radical (unpaired) electrons. The summed E-state index contributed by atoms with van der Waals surface area (Å²) in [4.78, 5) is 23.9. The van der Waals surface area contributed by atoms with Crippen LogP contribution in [0.3, 0.4) is 0 Å². The molecule has 5 nitrogen and oxygen atoms in total. The molecular formula is C16H13N3O2. The standard InChI is InChI=1S/C16H13N3O2/c20-16-12-9-21-7-5-14(12)18-15(19-16)11-3-4-13-10(8-11)2-1-6-17-13/h1-4,6,8H,5,7,9H2,(H,18,19,20). The van der Waals surface area contributed by atoms with E-state index in [0.717, 1.165) is 22.2 Å². The van der Waals surface area contributed by atoms with Crippen LogP contribution in [0.25, 0.3) is 22.3 Å². The van der Waals surface area contributed by atoms with Gasteiger partial charge in [0.15, 0.2) is 0 Å². The summed E-state index contributed by atoms with van der Waals surface area (Å²) >= 11 is 0. The van der Waals surface area contributed by atoms with Gasteiger partial charge in [-0.2, -0.15) is 0 Å². The normalized spacial score (nSPS) is 14.1. The molecule has 0 aliphatic carbocycles. The maximum Gasteiger partial charge on any atom is 0.256 e. The maximum absolute atomic E-state index is 12.1. The molecule has 2 aromatic heterocycles. The fourth-order valence-corrected chi connectivity index (χ4v) is 2.60. The number of aromatic nitrogens is 3. The van der Waals surface area contributed by atoms with Gasteiger partial charge in [0.25, 0.3) is 5.56 Å². The summed E-state index contributed by atoms with van der Waals surface area (Å²) in [6.07, 6.45) is 2.45. The Bertz CT molecular complexity index is 886. The van der Waals surface area contributed by atoms with Crippen LogP contribution in [0, 0.1) is 0 Å². The highest BCUT2D eigenvalue weighted by atomic mass is 16.5. The number of pyridine rings is 1. The Morgan fingerprint density at radius 1 is 1.24 bits per heavy atom. The first kappa shape index (κ1) is 12.2. The highest BCUT2D eigenvalue weighted by molar-refractivity contribution is 5.83. The maximum atomic E-state index is 12.1. The number of hydrogen-bond acceptors (Lipinski definition) is 4. The Labute approximate surface area is 120 Å². The Kier molecular flexibility index (Phi) is 2.79. The first-order valence-corrected chi connectivity index (χ1v) is 6.86. The topological polar surface area (TPSA) is 67.9 Å². The molecule has 1 aliphatic rings. The van der Waals surface area contributed by atoms with Gasteiger partial charge < -0.3 is 9.72 Å². The van der Waals surface area contributed by atoms with Crippen LogP contribution < -0.4 is 5.56 Å². The molecule has 0 spiro atoms. The molecule has 0 bridgehead atoms. The molecule has 3 aromatic rings. The summed E-state index contributed by atoms with van der Waals surface area (Å²) in [7, 11) is 0. The van der Waals surface area contributed by atoms with Gasteiger partial charge in [0.2, 0.25) is 0 Å². The number of rotatable bonds is 1. The van der Waals surface area contributed by atoms with Crippen LogP contribution in [0.4, 0.5) is 0 Å². The predicted octanol–water partition coefficient (Wildman–Crippen LogP) is 2.06. The number of aromatic amines is 1. The fourth-order valence-electron chi connectivity index (χ4n) is 2.60. The van der Waals surface area contributed by atoms with Crippen molar-refractivity contribution in [2.45, 2.75) is 13.0 Å². The number of benzene rings is 1. The Balaban J connectivity index is 1.88. The lowest BCUT2D eigenvalue weighted by Crippen LogP contribution is -2.24. The van der Waals surface area contributed by atoms with E-state index in [1.807, 2.05) is 30.3 Å². The number of H-pyrrole nitrogens is 1. The van der Waals surface area contributed by atoms with Gasteiger partial charge in [-0.1, -0.05) is 6.07 Å². The Hall–Kier alpha value is -2.53. The van der Waals surface area contributed by atoms with Gasteiger partial charge >= 0.3 is 0 Å². The summed E-state index contributed by atoms with van der Waals surface area (Å²) in [5.74, 6) is 0.603. The number of hydrogen-bond donors (Lipinski definition) is 1. The van der Waals surface area contributed by atoms with Crippen molar-refractivity contribution in [1.82, 2.24) is 15.0 Å². The number of fused-ring (bicyclic) bond motifs is 2. The average molecular weight is 279 g/mol. The third kappa shape index (κ3) is 2.11. The van der Waals surface area contributed by atoms with E-state index in [4.69, 9.17) is 4.74 Å². The molecule has 0 atom stereocenters. The first-order valence-electron chi connectivity index (χ1n) is 6.86. The molecule has 1 N–H and O–H groups in total. The van der Waals surface area contributed by atoms with Crippen molar-refractivity contribution < 1.29 is 4.74 Å². The zero-order valence-corrected chi connectivity index (χ0v) is 11.3. The van der Waals surface area contributed by atoms with E-state index in [-0.39, 0.29) is 5.56 Å². The van der Waals surface area contributed by atoms with Crippen molar-refractivity contribution in [3.8, 4) is 11.4 Å². The van der Waals surface area contributed by atoms with Crippen LogP contribution in [0.1, 0.15) is 11.3 Å². The zero-order valence-electron chi connectivity index (χ0n) is 11.3. The molecule has 0 saturated carbocycles. The minimum absolute atomic E-state index is 0.110. The van der Waals surface area contributed by atoms with Gasteiger partial charge in [0.1, 0.15) is 5.82 Å². The number of nitrogens with one attached hydrogen (secondary N) is 1. The molecule has 0 fully saturated rings. The van der Waals surface area contributed by atoms with E-state index in [1.54, 1.807) is 6.20 Å². The van der Waals surface area contributed by atoms with Gasteiger partial charge in [-0.15, -0.1) is 0 Å². The monoisotopic (exact) mass is 279 g/mol. The number of ether oxygens (including phenoxy) is 1. The van der Waals surface area contributed by atoms with Crippen LogP contribution >= 0.6 is 0 Å². The third-order valence-electron chi connectivity index (χ3n) is 3.71. The lowest BCUT2D eigenvalue weighted by molar-refractivity contribution is 0.108. The third-order valence-corrected chi connectivity index (χ3v) is 3.71. The van der Waals surface area contributed by atoms with Gasteiger partial charge in [-0.25, -0.2) is 4.98 Å². The molecule has 0 unspecified atom stereocenters. The lowest BCUT2D eigenvalue weighted by atomic mass is 10.1. The van der Waals surface area contributed by atoms with Crippen LogP contribution in [0.5, 0.6) is 0 Å². The molecule has 5 heteroatoms. The summed E-state index contributed by atoms with van der Waals surface area (Å²) in [5, 5.41) is 1.03. The molecular weight excluding hydrogens is 266 g/mol. The smallest absolute Gasteiger partial charge is 0.256 e. The van der Waals surface area contributed by atoms with Crippen molar-refractivity contribution in [2.75, 3.05) is 6.61 Å². The lowest BCUT2D eigenvalue weighted by Gasteiger charge is -2.15. The van der Waals surface area contributed by atoms with Crippen molar-refractivity contribution in [2.24, 2.45) is 0 Å². The highest BCUT2D eigenvalue weighted by Crippen LogP contribution is 2.21. The fraction of sp³-hybridized carbons (Fsp3) is 0.188. The van der Waals surface area contributed by atoms with Crippen molar-refractivity contribution in [3.05, 3.63) is 58.1 Å². The van der Waals surface area contributed by atoms with E-state index in [2.05, 4.69) is 15.0 Å². The van der Waals surface area contributed by atoms with Gasteiger partial charge in [0.05, 0.1) is 30.0 Å². The summed E-state index contributed by atoms with van der Waals surface area (Å²) in [6, 6.07) is 9.75. The second kappa shape index (κ2) is 4.79. The molecule has 1 aromatic carbocycles. The van der Waals surface area contributed by atoms with Crippen LogP contribution in [-0.4, -0.2) is 21.6 Å². The van der Waals surface area contributed by atoms with Gasteiger partial charge in [0, 0.05) is 23.6 Å². The second-order valence-corrected chi connectivity index (χ2v) is 5.05. The second-order valence-electron chi connectivity index (χ2n) is 5.05. The Morgan fingerprint density at radius 2 is 2.19 bits per heavy atom. The van der Waals surface area contributed by atoms with E-state index in [1.165, 1.54) is 0 Å². The minimum atomic E-state index is -0.110. The van der Waals surface area contributed by atoms with Crippen LogP contribution in [-0.2, 0) is 17.8 Å². The quantitative estimate of drug-likeness (QED) is 0.740. The van der Waals surface area contributed by atoms with Crippen LogP contribution in [0.2, 0.25) is 0 Å². The largest absolute Gasteiger partial charge is 0.376 e. The minimum Gasteiger partial charge on any atom is -0.376 e. The molecule has 1 aliphatic heterocycles. The van der Waals surface area contributed by atoms with E-state index >= 15 is 0 Å². The van der Waals surface area contributed by atoms with E-state index in [0.29, 0.717) is 31.0 Å². The van der Waals surface area contributed by atoms with Crippen molar-refractivity contribution >= 4 is 10.9 Å². The number of nitrogens with zero attached hydrogens (tertiary/aromatic N) is 2. The SMILES string of the molecule is O=c1[nH]c(-c2ccc3ncccc3c2)nc2c1COCC2. The van der Waals surface area contributed by atoms with Gasteiger partial charge in [-0.05, 0) is 24.3 Å². The molecule has 104 valence electrons. The molecule has 21 heavy (non-hydrogen) atoms. The van der Waals surface area contributed by atoms with Crippen molar-refractivity contribution in [1.29, 1.82) is 0 Å². The molecule has 0 amide bonds. The molecule has 3 heterocycles. The zero-order chi connectivity index (χ0) is 14.2. The Morgan fingerprint density at radius 3 is 3.14 bits per heavy atom. The van der Waals surface area contributed by atoms with Crippen molar-refractivity contribution in [3.63, 3.8) is 0 Å². The average Bonchev–Trinajstić information content (AvgIpc) is 2.54. The van der Waals surface area contributed by atoms with Crippen LogP contribution in [0.15, 0.2) is 41.3 Å². The van der Waals surface area contributed by atoms with E-state index in [9.17, 15) is 4.79 Å².